The van der Waals surface area contributed by atoms with E-state index in [1.54, 1.807) is 10.9 Å². The van der Waals surface area contributed by atoms with Crippen molar-refractivity contribution >= 4 is 17.2 Å². The van der Waals surface area contributed by atoms with E-state index in [2.05, 4.69) is 23.9 Å². The van der Waals surface area contributed by atoms with Crippen LogP contribution in [0, 0.1) is 0 Å². The Morgan fingerprint density at radius 2 is 2.00 bits per heavy atom. The standard InChI is InChI=1S/C23H30N4O3S/c1-5-10-27(14-17-8-9-20(30-11-6-2)21(12-17)29-7-3)23(28)19-16-31-22(25-19)18-13-24-26(4)15-18/h8-9,12-13,15-16H,5-7,10-11,14H2,1-4H3. The predicted molar refractivity (Wildman–Crippen MR) is 123 cm³/mol. The zero-order valence-electron chi connectivity index (χ0n) is 18.6. The second kappa shape index (κ2) is 10.9. The Bertz CT molecular complexity index is 998. The zero-order valence-corrected chi connectivity index (χ0v) is 19.4. The molecule has 2 heterocycles. The van der Waals surface area contributed by atoms with E-state index >= 15 is 0 Å². The van der Waals surface area contributed by atoms with Crippen LogP contribution in [0.15, 0.2) is 36.0 Å². The molecule has 0 aliphatic carbocycles. The predicted octanol–water partition coefficient (Wildman–Crippen LogP) is 4.78. The maximum atomic E-state index is 13.2. The summed E-state index contributed by atoms with van der Waals surface area (Å²) in [7, 11) is 1.86. The van der Waals surface area contributed by atoms with Crippen LogP contribution in [-0.4, -0.2) is 45.3 Å². The quantitative estimate of drug-likeness (QED) is 0.427. The first-order valence-electron chi connectivity index (χ1n) is 10.7. The highest BCUT2D eigenvalue weighted by molar-refractivity contribution is 7.13. The number of hydrogen-bond acceptors (Lipinski definition) is 6. The van der Waals surface area contributed by atoms with Crippen molar-refractivity contribution in [2.45, 2.75) is 40.2 Å². The number of thiazole rings is 1. The van der Waals surface area contributed by atoms with Crippen LogP contribution < -0.4 is 9.47 Å². The van der Waals surface area contributed by atoms with E-state index in [0.29, 0.717) is 37.7 Å². The number of benzene rings is 1. The van der Waals surface area contributed by atoms with Gasteiger partial charge in [-0.25, -0.2) is 4.98 Å². The zero-order chi connectivity index (χ0) is 22.2. The average Bonchev–Trinajstić information content (AvgIpc) is 3.42. The van der Waals surface area contributed by atoms with Crippen LogP contribution in [0.5, 0.6) is 11.5 Å². The van der Waals surface area contributed by atoms with Crippen molar-refractivity contribution < 1.29 is 14.3 Å². The molecule has 0 saturated heterocycles. The number of amides is 1. The van der Waals surface area contributed by atoms with Gasteiger partial charge in [0.05, 0.1) is 19.4 Å². The molecule has 0 fully saturated rings. The van der Waals surface area contributed by atoms with Gasteiger partial charge in [-0.3, -0.25) is 9.48 Å². The largest absolute Gasteiger partial charge is 0.490 e. The highest BCUT2D eigenvalue weighted by atomic mass is 32.1. The Hall–Kier alpha value is -2.87. The summed E-state index contributed by atoms with van der Waals surface area (Å²) in [6, 6.07) is 5.88. The number of rotatable bonds is 11. The molecule has 166 valence electrons. The van der Waals surface area contributed by atoms with Gasteiger partial charge < -0.3 is 14.4 Å². The normalized spacial score (nSPS) is 10.8. The van der Waals surface area contributed by atoms with Crippen LogP contribution in [0.2, 0.25) is 0 Å². The van der Waals surface area contributed by atoms with Crippen molar-refractivity contribution in [3.05, 3.63) is 47.2 Å². The average molecular weight is 443 g/mol. The minimum atomic E-state index is -0.0718. The van der Waals surface area contributed by atoms with E-state index in [9.17, 15) is 4.79 Å². The van der Waals surface area contributed by atoms with E-state index in [1.807, 2.05) is 48.6 Å². The number of nitrogens with zero attached hydrogens (tertiary/aromatic N) is 4. The summed E-state index contributed by atoms with van der Waals surface area (Å²) in [5, 5.41) is 6.80. The molecule has 3 aromatic rings. The number of carbonyl (C=O) groups excluding carboxylic acids is 1. The van der Waals surface area contributed by atoms with Crippen molar-refractivity contribution in [1.82, 2.24) is 19.7 Å². The van der Waals surface area contributed by atoms with E-state index in [-0.39, 0.29) is 5.91 Å². The Morgan fingerprint density at radius 3 is 2.68 bits per heavy atom. The smallest absolute Gasteiger partial charge is 0.273 e. The van der Waals surface area contributed by atoms with Crippen LogP contribution >= 0.6 is 11.3 Å². The van der Waals surface area contributed by atoms with Crippen molar-refractivity contribution in [3.8, 4) is 22.1 Å². The highest BCUT2D eigenvalue weighted by Crippen LogP contribution is 2.30. The van der Waals surface area contributed by atoms with Crippen LogP contribution in [0.25, 0.3) is 10.6 Å². The van der Waals surface area contributed by atoms with Crippen LogP contribution in [0.3, 0.4) is 0 Å². The Labute approximate surface area is 187 Å². The molecule has 0 aliphatic rings. The third kappa shape index (κ3) is 5.85. The van der Waals surface area contributed by atoms with E-state index < -0.39 is 0 Å². The maximum absolute atomic E-state index is 13.2. The van der Waals surface area contributed by atoms with Crippen LogP contribution in [0.4, 0.5) is 0 Å². The van der Waals surface area contributed by atoms with Gasteiger partial charge in [-0.1, -0.05) is 19.9 Å². The molecule has 0 spiro atoms. The highest BCUT2D eigenvalue weighted by Gasteiger charge is 2.20. The van der Waals surface area contributed by atoms with Gasteiger partial charge in [0.15, 0.2) is 11.5 Å². The molecule has 2 aromatic heterocycles. The number of aromatic nitrogens is 3. The molecule has 0 aliphatic heterocycles. The summed E-state index contributed by atoms with van der Waals surface area (Å²) in [5.74, 6) is 1.38. The van der Waals surface area contributed by atoms with Crippen molar-refractivity contribution in [2.75, 3.05) is 19.8 Å². The minimum absolute atomic E-state index is 0.0718. The van der Waals surface area contributed by atoms with Crippen LogP contribution in [0.1, 0.15) is 49.7 Å². The summed E-state index contributed by atoms with van der Waals surface area (Å²) < 4.78 is 13.3. The lowest BCUT2D eigenvalue weighted by atomic mass is 10.1. The fourth-order valence-electron chi connectivity index (χ4n) is 3.19. The van der Waals surface area contributed by atoms with Gasteiger partial charge in [0.2, 0.25) is 0 Å². The maximum Gasteiger partial charge on any atom is 0.273 e. The van der Waals surface area contributed by atoms with Crippen molar-refractivity contribution in [2.24, 2.45) is 7.05 Å². The fraction of sp³-hybridized carbons (Fsp3) is 0.435. The first kappa shape index (κ1) is 22.8. The molecule has 0 saturated carbocycles. The molecule has 0 atom stereocenters. The van der Waals surface area contributed by atoms with Crippen LogP contribution in [-0.2, 0) is 13.6 Å². The molecule has 7 nitrogen and oxygen atoms in total. The van der Waals surface area contributed by atoms with Gasteiger partial charge >= 0.3 is 0 Å². The van der Waals surface area contributed by atoms with Gasteiger partial charge in [-0.2, -0.15) is 5.10 Å². The van der Waals surface area contributed by atoms with Gasteiger partial charge in [-0.05, 0) is 37.5 Å². The molecule has 0 N–H and O–H groups in total. The fourth-order valence-corrected chi connectivity index (χ4v) is 3.96. The summed E-state index contributed by atoms with van der Waals surface area (Å²) in [4.78, 5) is 19.6. The third-order valence-corrected chi connectivity index (χ3v) is 5.49. The van der Waals surface area contributed by atoms with E-state index in [1.165, 1.54) is 11.3 Å². The lowest BCUT2D eigenvalue weighted by Crippen LogP contribution is -2.31. The summed E-state index contributed by atoms with van der Waals surface area (Å²) in [5.41, 5.74) is 2.37. The lowest BCUT2D eigenvalue weighted by Gasteiger charge is -2.22. The molecule has 3 rings (SSSR count). The SMILES string of the molecule is CCCOc1ccc(CN(CCC)C(=O)c2csc(-c3cnn(C)c3)n2)cc1OCC. The molecule has 8 heteroatoms. The Balaban J connectivity index is 1.78. The van der Waals surface area contributed by atoms with Crippen molar-refractivity contribution in [1.29, 1.82) is 0 Å². The summed E-state index contributed by atoms with van der Waals surface area (Å²) in [6.07, 6.45) is 5.45. The molecule has 0 unspecified atom stereocenters. The molecular formula is C23H30N4O3S. The molecule has 0 radical (unpaired) electrons. The summed E-state index contributed by atoms with van der Waals surface area (Å²) in [6.45, 7) is 8.42. The Morgan fingerprint density at radius 1 is 1.16 bits per heavy atom. The van der Waals surface area contributed by atoms with E-state index in [4.69, 9.17) is 9.47 Å². The molecule has 31 heavy (non-hydrogen) atoms. The van der Waals surface area contributed by atoms with Crippen molar-refractivity contribution in [3.63, 3.8) is 0 Å². The second-order valence-corrected chi connectivity index (χ2v) is 8.09. The molecule has 1 aromatic carbocycles. The number of ether oxygens (including phenoxy) is 2. The van der Waals surface area contributed by atoms with Gasteiger partial charge in [0.1, 0.15) is 10.7 Å². The second-order valence-electron chi connectivity index (χ2n) is 7.23. The van der Waals surface area contributed by atoms with Gasteiger partial charge in [0.25, 0.3) is 5.91 Å². The number of hydrogen-bond donors (Lipinski definition) is 0. The first-order chi connectivity index (χ1) is 15.0. The minimum Gasteiger partial charge on any atom is -0.490 e. The summed E-state index contributed by atoms with van der Waals surface area (Å²) >= 11 is 1.46. The molecule has 1 amide bonds. The van der Waals surface area contributed by atoms with E-state index in [0.717, 1.165) is 34.7 Å². The number of aryl methyl sites for hydroxylation is 1. The first-order valence-corrected chi connectivity index (χ1v) is 11.6. The topological polar surface area (TPSA) is 69.5 Å². The third-order valence-electron chi connectivity index (χ3n) is 4.60. The van der Waals surface area contributed by atoms with Gasteiger partial charge in [-0.15, -0.1) is 11.3 Å². The Kier molecular flexibility index (Phi) is 8.06. The number of carbonyl (C=O) groups is 1. The monoisotopic (exact) mass is 442 g/mol. The molecular weight excluding hydrogens is 412 g/mol. The lowest BCUT2D eigenvalue weighted by molar-refractivity contribution is 0.0738. The van der Waals surface area contributed by atoms with Gasteiger partial charge in [0, 0.05) is 37.3 Å². The molecule has 0 bridgehead atoms.